The Morgan fingerprint density at radius 1 is 0.941 bits per heavy atom. The Kier molecular flexibility index (Phi) is 4.11. The van der Waals surface area contributed by atoms with Gasteiger partial charge in [-0.3, -0.25) is 0 Å². The van der Waals surface area contributed by atoms with Gasteiger partial charge in [0.1, 0.15) is 0 Å². The van der Waals surface area contributed by atoms with Crippen LogP contribution in [0.25, 0.3) is 0 Å². The molecule has 0 heterocycles. The van der Waals surface area contributed by atoms with E-state index in [-0.39, 0.29) is 6.04 Å². The Balaban J connectivity index is 2.00. The first kappa shape index (κ1) is 11.6. The van der Waals surface area contributed by atoms with Crippen LogP contribution in [0.5, 0.6) is 0 Å². The monoisotopic (exact) mass is 223 g/mol. The lowest BCUT2D eigenvalue weighted by Gasteiger charge is -2.15. The molecule has 1 atom stereocenters. The second kappa shape index (κ2) is 6.02. The fourth-order valence-corrected chi connectivity index (χ4v) is 1.82. The molecule has 0 amide bonds. The molecule has 2 aromatic carbocycles. The van der Waals surface area contributed by atoms with Crippen LogP contribution in [-0.4, -0.2) is 0 Å². The minimum Gasteiger partial charge on any atom is -0.303 e. The van der Waals surface area contributed by atoms with Crippen LogP contribution in [0.4, 0.5) is 0 Å². The van der Waals surface area contributed by atoms with Crippen LogP contribution < -0.4 is 5.32 Å². The summed E-state index contributed by atoms with van der Waals surface area (Å²) in [6, 6.07) is 21.0. The third-order valence-corrected chi connectivity index (χ3v) is 2.76. The topological polar surface area (TPSA) is 12.0 Å². The Hall–Kier alpha value is -1.86. The van der Waals surface area contributed by atoms with Gasteiger partial charge in [0.15, 0.2) is 0 Å². The van der Waals surface area contributed by atoms with Gasteiger partial charge in [0.05, 0.1) is 6.04 Å². The molecule has 0 aromatic heterocycles. The van der Waals surface area contributed by atoms with Crippen molar-refractivity contribution in [3.05, 3.63) is 84.4 Å². The number of hydrogen-bond acceptors (Lipinski definition) is 1. The van der Waals surface area contributed by atoms with Crippen molar-refractivity contribution in [3.8, 4) is 0 Å². The summed E-state index contributed by atoms with van der Waals surface area (Å²) in [6.07, 6.45) is 1.94. The Morgan fingerprint density at radius 3 is 2.12 bits per heavy atom. The minimum atomic E-state index is 0.205. The highest BCUT2D eigenvalue weighted by molar-refractivity contribution is 5.23. The van der Waals surface area contributed by atoms with Gasteiger partial charge < -0.3 is 5.32 Å². The van der Waals surface area contributed by atoms with E-state index in [0.29, 0.717) is 0 Å². The van der Waals surface area contributed by atoms with Crippen molar-refractivity contribution in [2.45, 2.75) is 12.6 Å². The zero-order chi connectivity index (χ0) is 11.9. The van der Waals surface area contributed by atoms with E-state index < -0.39 is 0 Å². The molecule has 0 unspecified atom stereocenters. The molecule has 1 N–H and O–H groups in total. The maximum absolute atomic E-state index is 3.89. The fraction of sp³-hybridized carbons (Fsp3) is 0.125. The lowest BCUT2D eigenvalue weighted by atomic mass is 10.1. The Labute approximate surface area is 103 Å². The molecule has 0 bridgehead atoms. The van der Waals surface area contributed by atoms with Crippen molar-refractivity contribution in [3.63, 3.8) is 0 Å². The molecule has 86 valence electrons. The molecule has 0 saturated heterocycles. The molecular weight excluding hydrogens is 206 g/mol. The molecule has 0 aliphatic carbocycles. The van der Waals surface area contributed by atoms with E-state index in [1.807, 2.05) is 18.2 Å². The summed E-state index contributed by atoms with van der Waals surface area (Å²) >= 11 is 0. The maximum Gasteiger partial charge on any atom is 0.0506 e. The average Bonchev–Trinajstić information content (AvgIpc) is 2.42. The second-order valence-corrected chi connectivity index (χ2v) is 3.99. The first-order chi connectivity index (χ1) is 8.40. The van der Waals surface area contributed by atoms with E-state index in [1.54, 1.807) is 0 Å². The van der Waals surface area contributed by atoms with Gasteiger partial charge in [-0.2, -0.15) is 0 Å². The lowest BCUT2D eigenvalue weighted by molar-refractivity contribution is 0.622. The minimum absolute atomic E-state index is 0.205. The summed E-state index contributed by atoms with van der Waals surface area (Å²) in [7, 11) is 0. The largest absolute Gasteiger partial charge is 0.303 e. The van der Waals surface area contributed by atoms with E-state index in [0.717, 1.165) is 6.54 Å². The highest BCUT2D eigenvalue weighted by Gasteiger charge is 2.05. The van der Waals surface area contributed by atoms with Crippen LogP contribution in [-0.2, 0) is 6.54 Å². The van der Waals surface area contributed by atoms with Gasteiger partial charge in [0.2, 0.25) is 0 Å². The molecular formula is C16H17N. The highest BCUT2D eigenvalue weighted by atomic mass is 14.9. The smallest absolute Gasteiger partial charge is 0.0506 e. The number of benzene rings is 2. The summed E-state index contributed by atoms with van der Waals surface area (Å²) in [4.78, 5) is 0. The third kappa shape index (κ3) is 3.30. The molecule has 0 fully saturated rings. The van der Waals surface area contributed by atoms with E-state index in [1.165, 1.54) is 11.1 Å². The summed E-state index contributed by atoms with van der Waals surface area (Å²) in [5.41, 5.74) is 2.54. The average molecular weight is 223 g/mol. The Bertz CT molecular complexity index is 447. The molecule has 0 spiro atoms. The first-order valence-corrected chi connectivity index (χ1v) is 5.85. The maximum atomic E-state index is 3.89. The van der Waals surface area contributed by atoms with Gasteiger partial charge in [-0.15, -0.1) is 6.58 Å². The van der Waals surface area contributed by atoms with Crippen LogP contribution >= 0.6 is 0 Å². The molecule has 1 nitrogen and oxygen atoms in total. The lowest BCUT2D eigenvalue weighted by Crippen LogP contribution is -2.18. The third-order valence-electron chi connectivity index (χ3n) is 2.76. The number of rotatable bonds is 5. The van der Waals surface area contributed by atoms with Gasteiger partial charge in [0, 0.05) is 6.54 Å². The van der Waals surface area contributed by atoms with E-state index in [9.17, 15) is 0 Å². The van der Waals surface area contributed by atoms with Crippen molar-refractivity contribution in [2.75, 3.05) is 0 Å². The van der Waals surface area contributed by atoms with Crippen LogP contribution in [0.1, 0.15) is 17.2 Å². The van der Waals surface area contributed by atoms with Crippen LogP contribution in [0.2, 0.25) is 0 Å². The molecule has 0 aliphatic rings. The quantitative estimate of drug-likeness (QED) is 0.762. The predicted molar refractivity (Wildman–Crippen MR) is 72.7 cm³/mol. The van der Waals surface area contributed by atoms with Gasteiger partial charge in [-0.25, -0.2) is 0 Å². The van der Waals surface area contributed by atoms with Gasteiger partial charge in [-0.05, 0) is 11.1 Å². The van der Waals surface area contributed by atoms with Crippen molar-refractivity contribution < 1.29 is 0 Å². The first-order valence-electron chi connectivity index (χ1n) is 5.85. The van der Waals surface area contributed by atoms with E-state index in [2.05, 4.69) is 60.4 Å². The zero-order valence-corrected chi connectivity index (χ0v) is 9.84. The molecule has 1 heteroatoms. The van der Waals surface area contributed by atoms with Crippen molar-refractivity contribution in [1.29, 1.82) is 0 Å². The molecule has 0 saturated carbocycles. The summed E-state index contributed by atoms with van der Waals surface area (Å²) in [5, 5.41) is 3.48. The Morgan fingerprint density at radius 2 is 1.53 bits per heavy atom. The molecule has 0 aliphatic heterocycles. The molecule has 0 radical (unpaired) electrons. The second-order valence-electron chi connectivity index (χ2n) is 3.99. The predicted octanol–water partition coefficient (Wildman–Crippen LogP) is 3.70. The van der Waals surface area contributed by atoms with E-state index >= 15 is 0 Å². The van der Waals surface area contributed by atoms with Crippen molar-refractivity contribution in [1.82, 2.24) is 5.32 Å². The van der Waals surface area contributed by atoms with Crippen LogP contribution in [0.3, 0.4) is 0 Å². The molecule has 2 aromatic rings. The standard InChI is InChI=1S/C16H17N/c1-2-16(15-11-7-4-8-12-15)17-13-14-9-5-3-6-10-14/h2-12,16-17H,1,13H2/t16-/m1/s1. The van der Waals surface area contributed by atoms with Gasteiger partial charge in [0.25, 0.3) is 0 Å². The SMILES string of the molecule is C=C[C@@H](NCc1ccccc1)c1ccccc1. The molecule has 2 rings (SSSR count). The number of nitrogens with one attached hydrogen (secondary N) is 1. The molecule has 17 heavy (non-hydrogen) atoms. The van der Waals surface area contributed by atoms with Gasteiger partial charge in [-0.1, -0.05) is 66.7 Å². The summed E-state index contributed by atoms with van der Waals surface area (Å²) in [6.45, 7) is 4.74. The van der Waals surface area contributed by atoms with Crippen LogP contribution in [0.15, 0.2) is 73.3 Å². The van der Waals surface area contributed by atoms with E-state index in [4.69, 9.17) is 0 Å². The number of hydrogen-bond donors (Lipinski definition) is 1. The zero-order valence-electron chi connectivity index (χ0n) is 9.84. The highest BCUT2D eigenvalue weighted by Crippen LogP contribution is 2.14. The van der Waals surface area contributed by atoms with Crippen LogP contribution in [0, 0.1) is 0 Å². The normalized spacial score (nSPS) is 12.0. The van der Waals surface area contributed by atoms with Crippen molar-refractivity contribution >= 4 is 0 Å². The van der Waals surface area contributed by atoms with Crippen molar-refractivity contribution in [2.24, 2.45) is 0 Å². The fourth-order valence-electron chi connectivity index (χ4n) is 1.82. The summed E-state index contributed by atoms with van der Waals surface area (Å²) in [5.74, 6) is 0. The van der Waals surface area contributed by atoms with Gasteiger partial charge >= 0.3 is 0 Å². The summed E-state index contributed by atoms with van der Waals surface area (Å²) < 4.78 is 0.